The van der Waals surface area contributed by atoms with E-state index in [4.69, 9.17) is 0 Å². The third-order valence-electron chi connectivity index (χ3n) is 4.46. The normalized spacial score (nSPS) is 14.0. The van der Waals surface area contributed by atoms with Gasteiger partial charge in [0, 0.05) is 51.9 Å². The van der Waals surface area contributed by atoms with Crippen molar-refractivity contribution in [1.29, 1.82) is 0 Å². The van der Waals surface area contributed by atoms with Gasteiger partial charge in [-0.3, -0.25) is 4.79 Å². The highest BCUT2D eigenvalue weighted by molar-refractivity contribution is 5.78. The maximum Gasteiger partial charge on any atom is 0.224 e. The van der Waals surface area contributed by atoms with Crippen LogP contribution in [0.4, 0.5) is 11.8 Å². The quantitative estimate of drug-likeness (QED) is 0.876. The molecule has 3 rings (SSSR count). The van der Waals surface area contributed by atoms with Gasteiger partial charge in [-0.2, -0.15) is 4.98 Å². The van der Waals surface area contributed by atoms with Crippen LogP contribution in [0, 0.1) is 6.92 Å². The molecule has 25 heavy (non-hydrogen) atoms. The number of amides is 1. The van der Waals surface area contributed by atoms with Gasteiger partial charge in [0.15, 0.2) is 0 Å². The molecule has 2 heterocycles. The van der Waals surface area contributed by atoms with Gasteiger partial charge >= 0.3 is 0 Å². The molecule has 1 fully saturated rings. The monoisotopic (exact) mass is 339 g/mol. The maximum absolute atomic E-state index is 11.9. The van der Waals surface area contributed by atoms with Crippen LogP contribution in [0.3, 0.4) is 0 Å². The third-order valence-corrected chi connectivity index (χ3v) is 4.46. The number of aromatic nitrogens is 2. The average Bonchev–Trinajstić information content (AvgIpc) is 3.00. The van der Waals surface area contributed by atoms with Crippen LogP contribution in [0.2, 0.25) is 0 Å². The Morgan fingerprint density at radius 3 is 2.68 bits per heavy atom. The largest absolute Gasteiger partial charge is 0.362 e. The summed E-state index contributed by atoms with van der Waals surface area (Å²) < 4.78 is 0. The van der Waals surface area contributed by atoms with E-state index in [1.54, 1.807) is 0 Å². The number of rotatable bonds is 6. The molecule has 0 radical (unpaired) electrons. The molecule has 6 heteroatoms. The van der Waals surface area contributed by atoms with Crippen LogP contribution >= 0.6 is 0 Å². The van der Waals surface area contributed by atoms with Crippen LogP contribution in [0.25, 0.3) is 0 Å². The third kappa shape index (κ3) is 4.07. The fourth-order valence-corrected chi connectivity index (χ4v) is 3.11. The van der Waals surface area contributed by atoms with E-state index in [-0.39, 0.29) is 5.91 Å². The first-order chi connectivity index (χ1) is 12.0. The van der Waals surface area contributed by atoms with Gasteiger partial charge in [-0.25, -0.2) is 4.98 Å². The second-order valence-corrected chi connectivity index (χ2v) is 6.64. The molecule has 1 N–H and O–H groups in total. The highest BCUT2D eigenvalue weighted by Gasteiger charge is 2.20. The van der Waals surface area contributed by atoms with E-state index in [2.05, 4.69) is 27.4 Å². The minimum Gasteiger partial charge on any atom is -0.362 e. The van der Waals surface area contributed by atoms with Gasteiger partial charge in [-0.15, -0.1) is 0 Å². The molecule has 0 spiro atoms. The Morgan fingerprint density at radius 2 is 2.00 bits per heavy atom. The second-order valence-electron chi connectivity index (χ2n) is 6.64. The molecule has 1 aliphatic heterocycles. The Labute approximate surface area is 148 Å². The van der Waals surface area contributed by atoms with Crippen molar-refractivity contribution in [1.82, 2.24) is 14.9 Å². The van der Waals surface area contributed by atoms with Crippen LogP contribution < -0.4 is 10.2 Å². The minimum atomic E-state index is 0.250. The molecule has 0 atom stereocenters. The predicted octanol–water partition coefficient (Wildman–Crippen LogP) is 2.59. The summed E-state index contributed by atoms with van der Waals surface area (Å²) in [7, 11) is 3.95. The number of anilines is 2. The lowest BCUT2D eigenvalue weighted by Crippen LogP contribution is -2.24. The Kier molecular flexibility index (Phi) is 5.16. The molecule has 0 unspecified atom stereocenters. The highest BCUT2D eigenvalue weighted by Crippen LogP contribution is 2.19. The van der Waals surface area contributed by atoms with Crippen LogP contribution in [0.15, 0.2) is 30.5 Å². The summed E-state index contributed by atoms with van der Waals surface area (Å²) in [5.74, 6) is 1.77. The molecule has 1 saturated heterocycles. The first-order valence-electron chi connectivity index (χ1n) is 8.64. The summed E-state index contributed by atoms with van der Waals surface area (Å²) >= 11 is 0. The molecular formula is C19H25N5O. The van der Waals surface area contributed by atoms with Gasteiger partial charge in [0.2, 0.25) is 11.9 Å². The second kappa shape index (κ2) is 7.51. The van der Waals surface area contributed by atoms with E-state index >= 15 is 0 Å². The van der Waals surface area contributed by atoms with E-state index in [9.17, 15) is 4.79 Å². The molecule has 2 aromatic rings. The van der Waals surface area contributed by atoms with Crippen LogP contribution in [0.1, 0.15) is 29.5 Å². The first-order valence-corrected chi connectivity index (χ1v) is 8.64. The Bertz CT molecular complexity index is 759. The van der Waals surface area contributed by atoms with Gasteiger partial charge in [0.05, 0.1) is 0 Å². The van der Waals surface area contributed by atoms with Gasteiger partial charge in [-0.05, 0) is 24.5 Å². The van der Waals surface area contributed by atoms with Gasteiger partial charge in [-0.1, -0.05) is 24.3 Å². The zero-order valence-corrected chi connectivity index (χ0v) is 15.1. The Morgan fingerprint density at radius 1 is 1.24 bits per heavy atom. The van der Waals surface area contributed by atoms with E-state index in [0.29, 0.717) is 25.5 Å². The number of nitrogens with zero attached hydrogens (tertiary/aromatic N) is 4. The zero-order valence-electron chi connectivity index (χ0n) is 15.1. The number of carbonyl (C=O) groups is 1. The summed E-state index contributed by atoms with van der Waals surface area (Å²) in [5.41, 5.74) is 3.38. The summed E-state index contributed by atoms with van der Waals surface area (Å²) in [5, 5.41) is 3.31. The van der Waals surface area contributed by atoms with E-state index in [1.165, 1.54) is 5.56 Å². The molecule has 0 bridgehead atoms. The number of nitrogens with one attached hydrogen (secondary N) is 1. The minimum absolute atomic E-state index is 0.250. The van der Waals surface area contributed by atoms with Crippen molar-refractivity contribution in [3.05, 3.63) is 47.2 Å². The van der Waals surface area contributed by atoms with Crippen LogP contribution in [-0.2, 0) is 17.9 Å². The van der Waals surface area contributed by atoms with Crippen molar-refractivity contribution in [3.63, 3.8) is 0 Å². The number of benzene rings is 1. The lowest BCUT2D eigenvalue weighted by atomic mass is 10.1. The van der Waals surface area contributed by atoms with E-state index in [0.717, 1.165) is 29.9 Å². The standard InChI is InChI=1S/C19H25N5O/c1-14-11-20-19(22-18(14)23(2)3)21-12-15-7-4-5-8-16(15)13-24-10-6-9-17(24)25/h4-5,7-8,11H,6,9-10,12-13H2,1-3H3,(H,20,21,22). The van der Waals surface area contributed by atoms with Crippen LogP contribution in [-0.4, -0.2) is 41.4 Å². The zero-order chi connectivity index (χ0) is 17.8. The fraction of sp³-hybridized carbons (Fsp3) is 0.421. The van der Waals surface area contributed by atoms with Gasteiger partial charge in [0.25, 0.3) is 0 Å². The summed E-state index contributed by atoms with van der Waals surface area (Å²) in [6.07, 6.45) is 3.47. The van der Waals surface area contributed by atoms with Crippen LogP contribution in [0.5, 0.6) is 0 Å². The lowest BCUT2D eigenvalue weighted by Gasteiger charge is -2.19. The average molecular weight is 339 g/mol. The number of likely N-dealkylation sites (tertiary alicyclic amines) is 1. The van der Waals surface area contributed by atoms with Crippen molar-refractivity contribution in [2.24, 2.45) is 0 Å². The molecule has 0 aliphatic carbocycles. The highest BCUT2D eigenvalue weighted by atomic mass is 16.2. The van der Waals surface area contributed by atoms with Gasteiger partial charge in [0.1, 0.15) is 5.82 Å². The molecular weight excluding hydrogens is 314 g/mol. The summed E-state index contributed by atoms with van der Waals surface area (Å²) in [4.78, 5) is 24.7. The SMILES string of the molecule is Cc1cnc(NCc2ccccc2CN2CCCC2=O)nc1N(C)C. The van der Waals surface area contributed by atoms with Crippen molar-refractivity contribution >= 4 is 17.7 Å². The summed E-state index contributed by atoms with van der Waals surface area (Å²) in [6.45, 7) is 4.16. The predicted molar refractivity (Wildman–Crippen MR) is 99.5 cm³/mol. The topological polar surface area (TPSA) is 61.4 Å². The molecule has 0 saturated carbocycles. The van der Waals surface area contributed by atoms with Crippen molar-refractivity contribution in [3.8, 4) is 0 Å². The number of carbonyl (C=O) groups excluding carboxylic acids is 1. The summed E-state index contributed by atoms with van der Waals surface area (Å²) in [6, 6.07) is 8.22. The van der Waals surface area contributed by atoms with Crippen molar-refractivity contribution < 1.29 is 4.79 Å². The smallest absolute Gasteiger partial charge is 0.224 e. The number of hydrogen-bond acceptors (Lipinski definition) is 5. The Balaban J connectivity index is 1.71. The molecule has 1 aromatic heterocycles. The van der Waals surface area contributed by atoms with Gasteiger partial charge < -0.3 is 15.1 Å². The van der Waals surface area contributed by atoms with E-state index in [1.807, 2.05) is 49.1 Å². The van der Waals surface area contributed by atoms with Crippen molar-refractivity contribution in [2.45, 2.75) is 32.9 Å². The number of aryl methyl sites for hydroxylation is 1. The number of hydrogen-bond donors (Lipinski definition) is 1. The lowest BCUT2D eigenvalue weighted by molar-refractivity contribution is -0.128. The first kappa shape index (κ1) is 17.2. The molecule has 1 amide bonds. The maximum atomic E-state index is 11.9. The molecule has 132 valence electrons. The van der Waals surface area contributed by atoms with Crippen molar-refractivity contribution in [2.75, 3.05) is 30.9 Å². The van der Waals surface area contributed by atoms with E-state index < -0.39 is 0 Å². The molecule has 1 aromatic carbocycles. The molecule has 6 nitrogen and oxygen atoms in total. The fourth-order valence-electron chi connectivity index (χ4n) is 3.11. The Hall–Kier alpha value is -2.63. The molecule has 1 aliphatic rings.